The number of methoxy groups -OCH3 is 1. The molecule has 3 heterocycles. The number of pyridine rings is 1. The zero-order chi connectivity index (χ0) is 17.6. The number of ether oxygens (including phenoxy) is 1. The van der Waals surface area contributed by atoms with Crippen LogP contribution in [0.4, 0.5) is 11.4 Å². The predicted octanol–water partition coefficient (Wildman–Crippen LogP) is 2.64. The summed E-state index contributed by atoms with van der Waals surface area (Å²) < 4.78 is 6.36. The highest BCUT2D eigenvalue weighted by molar-refractivity contribution is 6.30. The fourth-order valence-corrected chi connectivity index (χ4v) is 3.04. The highest BCUT2D eigenvalue weighted by Gasteiger charge is 2.25. The van der Waals surface area contributed by atoms with Gasteiger partial charge in [-0.25, -0.2) is 0 Å². The Hall–Kier alpha value is -3.06. The third-order valence-electron chi connectivity index (χ3n) is 4.08. The van der Waals surface area contributed by atoms with Crippen LogP contribution in [0, 0.1) is 0 Å². The van der Waals surface area contributed by atoms with Crippen molar-refractivity contribution in [3.8, 4) is 17.3 Å². The molecule has 2 aromatic heterocycles. The van der Waals surface area contributed by atoms with Crippen molar-refractivity contribution in [1.29, 1.82) is 0 Å². The van der Waals surface area contributed by atoms with Crippen LogP contribution in [0.25, 0.3) is 5.69 Å². The fourth-order valence-electron chi connectivity index (χ4n) is 2.87. The molecule has 0 atom stereocenters. The van der Waals surface area contributed by atoms with Crippen molar-refractivity contribution < 1.29 is 9.84 Å². The first kappa shape index (κ1) is 15.5. The Labute approximate surface area is 147 Å². The van der Waals surface area contributed by atoms with E-state index in [4.69, 9.17) is 16.3 Å². The van der Waals surface area contributed by atoms with Crippen molar-refractivity contribution in [2.45, 2.75) is 6.42 Å². The van der Waals surface area contributed by atoms with Gasteiger partial charge in [-0.2, -0.15) is 4.68 Å². The van der Waals surface area contributed by atoms with Gasteiger partial charge in [0.05, 0.1) is 18.9 Å². The van der Waals surface area contributed by atoms with Gasteiger partial charge in [-0.05, 0) is 17.7 Å². The van der Waals surface area contributed by atoms with Crippen LogP contribution in [0.3, 0.4) is 0 Å². The molecule has 1 aromatic carbocycles. The third kappa shape index (κ3) is 2.49. The average molecular weight is 357 g/mol. The number of fused-ring (bicyclic) bond motifs is 2. The summed E-state index contributed by atoms with van der Waals surface area (Å²) in [7, 11) is 1.49. The second kappa shape index (κ2) is 5.78. The van der Waals surface area contributed by atoms with E-state index in [9.17, 15) is 9.90 Å². The van der Waals surface area contributed by atoms with Crippen LogP contribution in [-0.2, 0) is 6.42 Å². The molecule has 1 aliphatic rings. The molecule has 0 radical (unpaired) electrons. The lowest BCUT2D eigenvalue weighted by Gasteiger charge is -2.22. The minimum Gasteiger partial charge on any atom is -0.494 e. The number of rotatable bonds is 2. The molecule has 0 saturated carbocycles. The SMILES string of the molecule is COc1ccncc1-n1nc(O)c2c(c1=O)Cc1ccc(Cl)cc1N2. The first-order valence-electron chi connectivity index (χ1n) is 7.47. The molecule has 7 nitrogen and oxygen atoms in total. The van der Waals surface area contributed by atoms with Gasteiger partial charge in [0.25, 0.3) is 11.4 Å². The Balaban J connectivity index is 1.91. The number of nitrogens with zero attached hydrogens (tertiary/aromatic N) is 3. The fraction of sp³-hybridized carbons (Fsp3) is 0.118. The Bertz CT molecular complexity index is 1050. The first-order chi connectivity index (χ1) is 12.1. The molecule has 0 bridgehead atoms. The molecule has 8 heteroatoms. The van der Waals surface area contributed by atoms with E-state index in [1.165, 1.54) is 13.3 Å². The maximum absolute atomic E-state index is 13.0. The zero-order valence-electron chi connectivity index (χ0n) is 13.2. The third-order valence-corrected chi connectivity index (χ3v) is 4.31. The quantitative estimate of drug-likeness (QED) is 0.574. The number of hydrogen-bond acceptors (Lipinski definition) is 6. The van der Waals surface area contributed by atoms with Gasteiger partial charge in [-0.3, -0.25) is 9.78 Å². The summed E-state index contributed by atoms with van der Waals surface area (Å²) in [6.07, 6.45) is 3.36. The molecular formula is C17H13ClN4O3. The van der Waals surface area contributed by atoms with Crippen molar-refractivity contribution in [1.82, 2.24) is 14.8 Å². The second-order valence-corrected chi connectivity index (χ2v) is 5.98. The molecule has 0 amide bonds. The van der Waals surface area contributed by atoms with E-state index < -0.39 is 0 Å². The summed E-state index contributed by atoms with van der Waals surface area (Å²) in [5.74, 6) is 0.144. The van der Waals surface area contributed by atoms with Crippen molar-refractivity contribution >= 4 is 23.0 Å². The Morgan fingerprint density at radius 1 is 1.36 bits per heavy atom. The van der Waals surface area contributed by atoms with Crippen LogP contribution in [0.15, 0.2) is 41.5 Å². The standard InChI is InChI=1S/C17H13ClN4O3/c1-25-14-4-5-19-8-13(14)22-17(24)11-6-9-2-3-10(18)7-12(9)20-15(11)16(23)21-22/h2-5,7-8,20H,6H2,1H3,(H,21,23). The molecule has 4 rings (SSSR count). The van der Waals surface area contributed by atoms with E-state index in [0.29, 0.717) is 34.1 Å². The van der Waals surface area contributed by atoms with Crippen molar-refractivity contribution in [2.24, 2.45) is 0 Å². The zero-order valence-corrected chi connectivity index (χ0v) is 13.9. The Kier molecular flexibility index (Phi) is 3.58. The molecule has 0 unspecified atom stereocenters. The Morgan fingerprint density at radius 2 is 2.20 bits per heavy atom. The summed E-state index contributed by atoms with van der Waals surface area (Å²) in [6, 6.07) is 6.97. The van der Waals surface area contributed by atoms with Crippen molar-refractivity contribution in [3.05, 3.63) is 63.2 Å². The molecule has 0 fully saturated rings. The van der Waals surface area contributed by atoms with Gasteiger partial charge < -0.3 is 15.2 Å². The minimum absolute atomic E-state index is 0.286. The maximum Gasteiger partial charge on any atom is 0.277 e. The molecule has 3 aromatic rings. The van der Waals surface area contributed by atoms with Crippen molar-refractivity contribution in [2.75, 3.05) is 12.4 Å². The van der Waals surface area contributed by atoms with E-state index in [-0.39, 0.29) is 11.4 Å². The van der Waals surface area contributed by atoms with Crippen LogP contribution in [0.1, 0.15) is 11.1 Å². The highest BCUT2D eigenvalue weighted by atomic mass is 35.5. The van der Waals surface area contributed by atoms with Gasteiger partial charge >= 0.3 is 0 Å². The highest BCUT2D eigenvalue weighted by Crippen LogP contribution is 2.37. The molecule has 2 N–H and O–H groups in total. The van der Waals surface area contributed by atoms with Gasteiger partial charge in [0.15, 0.2) is 0 Å². The lowest BCUT2D eigenvalue weighted by atomic mass is 9.99. The average Bonchev–Trinajstić information content (AvgIpc) is 2.63. The summed E-state index contributed by atoms with van der Waals surface area (Å²) >= 11 is 6.01. The second-order valence-electron chi connectivity index (χ2n) is 5.54. The van der Waals surface area contributed by atoms with Gasteiger partial charge in [-0.15, -0.1) is 5.10 Å². The maximum atomic E-state index is 13.0. The molecule has 0 saturated heterocycles. The van der Waals surface area contributed by atoms with Gasteiger partial charge in [0.1, 0.15) is 17.1 Å². The molecule has 0 spiro atoms. The number of benzene rings is 1. The van der Waals surface area contributed by atoms with E-state index in [2.05, 4.69) is 15.4 Å². The van der Waals surface area contributed by atoms with E-state index in [1.54, 1.807) is 24.4 Å². The monoisotopic (exact) mass is 356 g/mol. The molecule has 126 valence electrons. The lowest BCUT2D eigenvalue weighted by Crippen LogP contribution is -2.28. The largest absolute Gasteiger partial charge is 0.494 e. The van der Waals surface area contributed by atoms with Crippen LogP contribution >= 0.6 is 11.6 Å². The number of nitrogens with one attached hydrogen (secondary N) is 1. The molecule has 0 aliphatic carbocycles. The van der Waals surface area contributed by atoms with Gasteiger partial charge in [-0.1, -0.05) is 17.7 Å². The number of halogens is 1. The number of hydrogen-bond donors (Lipinski definition) is 2. The molecule has 1 aliphatic heterocycles. The topological polar surface area (TPSA) is 89.3 Å². The number of aromatic hydroxyl groups is 1. The Morgan fingerprint density at radius 3 is 3.00 bits per heavy atom. The van der Waals surface area contributed by atoms with Crippen LogP contribution in [-0.4, -0.2) is 27.0 Å². The summed E-state index contributed by atoms with van der Waals surface area (Å²) in [5, 5.41) is 18.0. The normalized spacial score (nSPS) is 12.1. The summed E-state index contributed by atoms with van der Waals surface area (Å²) in [5.41, 5.74) is 2.35. The smallest absolute Gasteiger partial charge is 0.277 e. The van der Waals surface area contributed by atoms with Gasteiger partial charge in [0.2, 0.25) is 0 Å². The lowest BCUT2D eigenvalue weighted by molar-refractivity contribution is 0.406. The minimum atomic E-state index is -0.354. The predicted molar refractivity (Wildman–Crippen MR) is 93.4 cm³/mol. The van der Waals surface area contributed by atoms with E-state index >= 15 is 0 Å². The number of anilines is 2. The van der Waals surface area contributed by atoms with Crippen LogP contribution in [0.5, 0.6) is 11.6 Å². The van der Waals surface area contributed by atoms with Gasteiger partial charge in [0, 0.05) is 29.4 Å². The van der Waals surface area contributed by atoms with Crippen LogP contribution in [0.2, 0.25) is 5.02 Å². The van der Waals surface area contributed by atoms with Crippen LogP contribution < -0.4 is 15.6 Å². The summed E-state index contributed by atoms with van der Waals surface area (Å²) in [6.45, 7) is 0. The first-order valence-corrected chi connectivity index (χ1v) is 7.85. The summed E-state index contributed by atoms with van der Waals surface area (Å²) in [4.78, 5) is 17.0. The molecular weight excluding hydrogens is 344 g/mol. The van der Waals surface area contributed by atoms with E-state index in [1.807, 2.05) is 6.07 Å². The van der Waals surface area contributed by atoms with E-state index in [0.717, 1.165) is 15.9 Å². The number of aromatic nitrogens is 3. The van der Waals surface area contributed by atoms with Crippen molar-refractivity contribution in [3.63, 3.8) is 0 Å². The molecule has 25 heavy (non-hydrogen) atoms.